The van der Waals surface area contributed by atoms with Crippen molar-refractivity contribution in [3.8, 4) is 11.5 Å². The van der Waals surface area contributed by atoms with Crippen molar-refractivity contribution in [1.29, 1.82) is 0 Å². The zero-order valence-corrected chi connectivity index (χ0v) is 21.4. The van der Waals surface area contributed by atoms with Gasteiger partial charge in [-0.1, -0.05) is 23.9 Å². The highest BCUT2D eigenvalue weighted by molar-refractivity contribution is 9.10. The maximum Gasteiger partial charge on any atom is 0.338 e. The van der Waals surface area contributed by atoms with Crippen LogP contribution in [0.4, 0.5) is 4.39 Å². The van der Waals surface area contributed by atoms with Gasteiger partial charge in [-0.2, -0.15) is 0 Å². The van der Waals surface area contributed by atoms with Crippen molar-refractivity contribution >= 4 is 38.8 Å². The molecule has 4 rings (SSSR count). The molecule has 0 bridgehead atoms. The molecule has 0 spiro atoms. The molecule has 1 atom stereocenters. The van der Waals surface area contributed by atoms with E-state index in [1.807, 2.05) is 42.5 Å². The molecule has 178 valence electrons. The van der Waals surface area contributed by atoms with E-state index in [2.05, 4.69) is 20.9 Å². The number of halogens is 2. The highest BCUT2D eigenvalue weighted by Crippen LogP contribution is 2.45. The summed E-state index contributed by atoms with van der Waals surface area (Å²) in [6.07, 6.45) is 1.91. The van der Waals surface area contributed by atoms with Crippen LogP contribution in [0.25, 0.3) is 0 Å². The SMILES string of the molecule is CCOC(=O)C1=C(C)N=C2SC=CN2[C@@H]1c1cc(Br)c(OCc2ccc(F)cc2)c(OCC)c1. The average molecular weight is 547 g/mol. The Balaban J connectivity index is 1.72. The first kappa shape index (κ1) is 24.3. The number of aliphatic imine (C=N–C) groups is 1. The van der Waals surface area contributed by atoms with Crippen LogP contribution in [0, 0.1) is 5.82 Å². The molecule has 0 amide bonds. The Morgan fingerprint density at radius 1 is 1.18 bits per heavy atom. The molecule has 2 aromatic rings. The number of carbonyl (C=O) groups excluding carboxylic acids is 1. The number of allylic oxidation sites excluding steroid dienone is 1. The van der Waals surface area contributed by atoms with E-state index in [9.17, 15) is 9.18 Å². The van der Waals surface area contributed by atoms with Crippen molar-refractivity contribution in [2.24, 2.45) is 4.99 Å². The molecule has 0 fully saturated rings. The average Bonchev–Trinajstić information content (AvgIpc) is 3.27. The number of ether oxygens (including phenoxy) is 3. The van der Waals surface area contributed by atoms with Crippen LogP contribution in [0.2, 0.25) is 0 Å². The van der Waals surface area contributed by atoms with Gasteiger partial charge in [0.25, 0.3) is 0 Å². The van der Waals surface area contributed by atoms with Gasteiger partial charge in [-0.05, 0) is 77.5 Å². The Labute approximate surface area is 210 Å². The van der Waals surface area contributed by atoms with Gasteiger partial charge < -0.3 is 19.1 Å². The fourth-order valence-corrected chi connectivity index (χ4v) is 5.15. The van der Waals surface area contributed by atoms with Gasteiger partial charge in [-0.25, -0.2) is 14.2 Å². The third kappa shape index (κ3) is 5.00. The molecule has 0 aromatic heterocycles. The number of rotatable bonds is 8. The normalized spacial score (nSPS) is 16.9. The molecule has 2 aliphatic rings. The van der Waals surface area contributed by atoms with E-state index in [4.69, 9.17) is 14.2 Å². The number of benzene rings is 2. The standard InChI is InChI=1S/C25H24BrFN2O4S/c1-4-31-20-13-17(12-19(26)23(20)33-14-16-6-8-18(27)9-7-16)22-21(24(30)32-5-2)15(3)28-25-29(22)10-11-34-25/h6-13,22H,4-5,14H2,1-3H3/t22-/m1/s1. The maximum absolute atomic E-state index is 13.2. The lowest BCUT2D eigenvalue weighted by Gasteiger charge is -2.33. The summed E-state index contributed by atoms with van der Waals surface area (Å²) in [4.78, 5) is 19.5. The van der Waals surface area contributed by atoms with Crippen molar-refractivity contribution in [3.05, 3.63) is 80.7 Å². The molecular formula is C25H24BrFN2O4S. The molecule has 0 saturated heterocycles. The Kier molecular flexibility index (Phi) is 7.63. The van der Waals surface area contributed by atoms with Crippen LogP contribution in [0.5, 0.6) is 11.5 Å². The summed E-state index contributed by atoms with van der Waals surface area (Å²) in [5.74, 6) is 0.373. The molecule has 0 aliphatic carbocycles. The Morgan fingerprint density at radius 2 is 1.94 bits per heavy atom. The number of thioether (sulfide) groups is 1. The minimum absolute atomic E-state index is 0.247. The first-order valence-corrected chi connectivity index (χ1v) is 12.5. The summed E-state index contributed by atoms with van der Waals surface area (Å²) in [6, 6.07) is 9.52. The zero-order valence-electron chi connectivity index (χ0n) is 19.0. The lowest BCUT2D eigenvalue weighted by atomic mass is 9.94. The monoisotopic (exact) mass is 546 g/mol. The molecule has 0 unspecified atom stereocenters. The molecule has 0 radical (unpaired) electrons. The van der Waals surface area contributed by atoms with Gasteiger partial charge in [0.1, 0.15) is 12.4 Å². The molecule has 9 heteroatoms. The van der Waals surface area contributed by atoms with Crippen LogP contribution in [0.1, 0.15) is 37.9 Å². The van der Waals surface area contributed by atoms with E-state index >= 15 is 0 Å². The molecular weight excluding hydrogens is 523 g/mol. The predicted molar refractivity (Wildman–Crippen MR) is 134 cm³/mol. The predicted octanol–water partition coefficient (Wildman–Crippen LogP) is 6.33. The molecule has 6 nitrogen and oxygen atoms in total. The van der Waals surface area contributed by atoms with Crippen molar-refractivity contribution in [2.45, 2.75) is 33.4 Å². The second-order valence-corrected chi connectivity index (χ2v) is 9.23. The minimum atomic E-state index is -0.431. The van der Waals surface area contributed by atoms with Crippen molar-refractivity contribution < 1.29 is 23.4 Å². The van der Waals surface area contributed by atoms with Gasteiger partial charge >= 0.3 is 5.97 Å². The molecule has 2 aliphatic heterocycles. The van der Waals surface area contributed by atoms with Crippen molar-refractivity contribution in [2.75, 3.05) is 13.2 Å². The highest BCUT2D eigenvalue weighted by Gasteiger charge is 2.38. The Bertz CT molecular complexity index is 1180. The van der Waals surface area contributed by atoms with Crippen LogP contribution < -0.4 is 9.47 Å². The highest BCUT2D eigenvalue weighted by atomic mass is 79.9. The van der Waals surface area contributed by atoms with Gasteiger partial charge in [0.2, 0.25) is 0 Å². The van der Waals surface area contributed by atoms with E-state index in [0.717, 1.165) is 16.3 Å². The first-order chi connectivity index (χ1) is 16.4. The van der Waals surface area contributed by atoms with Gasteiger partial charge in [-0.15, -0.1) is 0 Å². The fourth-order valence-electron chi connectivity index (χ4n) is 3.78. The lowest BCUT2D eigenvalue weighted by molar-refractivity contribution is -0.139. The second kappa shape index (κ2) is 10.7. The quantitative estimate of drug-likeness (QED) is 0.360. The van der Waals surface area contributed by atoms with Crippen LogP contribution in [-0.4, -0.2) is 29.3 Å². The largest absolute Gasteiger partial charge is 0.490 e. The van der Waals surface area contributed by atoms with E-state index in [1.54, 1.807) is 19.1 Å². The number of fused-ring (bicyclic) bond motifs is 1. The summed E-state index contributed by atoms with van der Waals surface area (Å²) >= 11 is 5.12. The van der Waals surface area contributed by atoms with E-state index in [0.29, 0.717) is 33.8 Å². The van der Waals surface area contributed by atoms with Crippen LogP contribution in [-0.2, 0) is 16.1 Å². The summed E-state index contributed by atoms with van der Waals surface area (Å²) < 4.78 is 31.2. The third-order valence-electron chi connectivity index (χ3n) is 5.26. The molecule has 2 aromatic carbocycles. The summed E-state index contributed by atoms with van der Waals surface area (Å²) in [5.41, 5.74) is 2.76. The molecule has 0 saturated carbocycles. The van der Waals surface area contributed by atoms with Crippen LogP contribution >= 0.6 is 27.7 Å². The van der Waals surface area contributed by atoms with Crippen LogP contribution in [0.15, 0.2) is 68.7 Å². The second-order valence-electron chi connectivity index (χ2n) is 7.50. The van der Waals surface area contributed by atoms with E-state index in [1.165, 1.54) is 23.9 Å². The summed E-state index contributed by atoms with van der Waals surface area (Å²) in [5, 5.41) is 2.73. The smallest absolute Gasteiger partial charge is 0.338 e. The number of esters is 1. The van der Waals surface area contributed by atoms with Crippen molar-refractivity contribution in [3.63, 3.8) is 0 Å². The van der Waals surface area contributed by atoms with Crippen LogP contribution in [0.3, 0.4) is 0 Å². The van der Waals surface area contributed by atoms with E-state index in [-0.39, 0.29) is 19.0 Å². The summed E-state index contributed by atoms with van der Waals surface area (Å²) in [6.45, 7) is 6.44. The number of hydrogen-bond acceptors (Lipinski definition) is 7. The molecule has 34 heavy (non-hydrogen) atoms. The number of hydrogen-bond donors (Lipinski definition) is 0. The van der Waals surface area contributed by atoms with Crippen molar-refractivity contribution in [1.82, 2.24) is 4.90 Å². The molecule has 0 N–H and O–H groups in total. The van der Waals surface area contributed by atoms with Gasteiger partial charge in [0, 0.05) is 6.20 Å². The Morgan fingerprint density at radius 3 is 2.65 bits per heavy atom. The Hall–Kier alpha value is -2.78. The number of carbonyl (C=O) groups is 1. The zero-order chi connectivity index (χ0) is 24.2. The first-order valence-electron chi connectivity index (χ1n) is 10.8. The molecule has 2 heterocycles. The third-order valence-corrected chi connectivity index (χ3v) is 6.62. The number of amidine groups is 1. The topological polar surface area (TPSA) is 60.4 Å². The maximum atomic E-state index is 13.2. The number of nitrogens with zero attached hydrogens (tertiary/aromatic N) is 2. The van der Waals surface area contributed by atoms with Gasteiger partial charge in [-0.3, -0.25) is 0 Å². The summed E-state index contributed by atoms with van der Waals surface area (Å²) in [7, 11) is 0. The lowest BCUT2D eigenvalue weighted by Crippen LogP contribution is -2.34. The van der Waals surface area contributed by atoms with E-state index < -0.39 is 12.0 Å². The minimum Gasteiger partial charge on any atom is -0.490 e. The van der Waals surface area contributed by atoms with Gasteiger partial charge in [0.05, 0.1) is 35.0 Å². The fraction of sp³-hybridized carbons (Fsp3) is 0.280. The van der Waals surface area contributed by atoms with Gasteiger partial charge in [0.15, 0.2) is 16.7 Å².